The molecule has 1 amide bonds. The summed E-state index contributed by atoms with van der Waals surface area (Å²) in [4.78, 5) is 13.8. The summed E-state index contributed by atoms with van der Waals surface area (Å²) in [5.41, 5.74) is 0.351. The average Bonchev–Trinajstić information content (AvgIpc) is 2.36. The molecular formula is C12H13F2NOS. The summed E-state index contributed by atoms with van der Waals surface area (Å²) >= 11 is 1.79. The second-order valence-electron chi connectivity index (χ2n) is 3.94. The predicted molar refractivity (Wildman–Crippen MR) is 64.3 cm³/mol. The van der Waals surface area contributed by atoms with Crippen molar-refractivity contribution in [3.05, 3.63) is 34.9 Å². The fourth-order valence-electron chi connectivity index (χ4n) is 1.82. The van der Waals surface area contributed by atoms with E-state index in [2.05, 4.69) is 0 Å². The van der Waals surface area contributed by atoms with E-state index in [4.69, 9.17) is 0 Å². The first-order valence-electron chi connectivity index (χ1n) is 5.43. The van der Waals surface area contributed by atoms with Gasteiger partial charge in [-0.05, 0) is 19.1 Å². The van der Waals surface area contributed by atoms with Gasteiger partial charge in [-0.25, -0.2) is 8.78 Å². The summed E-state index contributed by atoms with van der Waals surface area (Å²) in [6.45, 7) is 2.77. The van der Waals surface area contributed by atoms with Crippen molar-refractivity contribution >= 4 is 17.7 Å². The highest BCUT2D eigenvalue weighted by molar-refractivity contribution is 7.99. The first kappa shape index (κ1) is 12.4. The molecule has 0 saturated carbocycles. The third-order valence-corrected chi connectivity index (χ3v) is 3.81. The smallest absolute Gasteiger partial charge is 0.254 e. The third kappa shape index (κ3) is 2.44. The van der Waals surface area contributed by atoms with Crippen LogP contribution in [0.15, 0.2) is 12.1 Å². The van der Waals surface area contributed by atoms with Gasteiger partial charge in [-0.2, -0.15) is 11.8 Å². The third-order valence-electron chi connectivity index (χ3n) is 2.87. The molecule has 0 aromatic heterocycles. The maximum absolute atomic E-state index is 13.4. The van der Waals surface area contributed by atoms with Gasteiger partial charge in [-0.15, -0.1) is 0 Å². The van der Waals surface area contributed by atoms with Crippen LogP contribution in [0.2, 0.25) is 0 Å². The minimum atomic E-state index is -0.928. The maximum Gasteiger partial charge on any atom is 0.254 e. The molecule has 5 heteroatoms. The fourth-order valence-corrected chi connectivity index (χ4v) is 2.72. The Hall–Kier alpha value is -1.10. The van der Waals surface area contributed by atoms with E-state index >= 15 is 0 Å². The molecule has 0 bridgehead atoms. The highest BCUT2D eigenvalue weighted by Gasteiger charge is 2.22. The molecule has 1 saturated heterocycles. The average molecular weight is 257 g/mol. The SMILES string of the molecule is Cc1c(C(=O)N2CCSCC2)ccc(F)c1F. The topological polar surface area (TPSA) is 20.3 Å². The number of hydrogen-bond acceptors (Lipinski definition) is 2. The predicted octanol–water partition coefficient (Wildman–Crippen LogP) is 2.46. The standard InChI is InChI=1S/C12H13F2NOS/c1-8-9(2-3-10(13)11(8)14)12(16)15-4-6-17-7-5-15/h2-3H,4-7H2,1H3. The van der Waals surface area contributed by atoms with Gasteiger partial charge in [-0.3, -0.25) is 4.79 Å². The molecule has 1 aliphatic rings. The largest absolute Gasteiger partial charge is 0.337 e. The van der Waals surface area contributed by atoms with E-state index in [1.165, 1.54) is 13.0 Å². The number of benzene rings is 1. The highest BCUT2D eigenvalue weighted by Crippen LogP contribution is 2.19. The summed E-state index contributed by atoms with van der Waals surface area (Å²) in [6, 6.07) is 2.37. The Morgan fingerprint density at radius 3 is 2.59 bits per heavy atom. The molecule has 0 N–H and O–H groups in total. The van der Waals surface area contributed by atoms with Crippen molar-refractivity contribution in [2.45, 2.75) is 6.92 Å². The van der Waals surface area contributed by atoms with E-state index in [0.29, 0.717) is 13.1 Å². The summed E-state index contributed by atoms with van der Waals surface area (Å²) in [6.07, 6.45) is 0. The van der Waals surface area contributed by atoms with Gasteiger partial charge in [0.05, 0.1) is 0 Å². The van der Waals surface area contributed by atoms with Crippen molar-refractivity contribution in [1.29, 1.82) is 0 Å². The number of rotatable bonds is 1. The molecule has 0 aliphatic carbocycles. The van der Waals surface area contributed by atoms with E-state index in [0.717, 1.165) is 17.6 Å². The number of nitrogens with zero attached hydrogens (tertiary/aromatic N) is 1. The summed E-state index contributed by atoms with van der Waals surface area (Å²) in [5.74, 6) is -0.250. The summed E-state index contributed by atoms with van der Waals surface area (Å²) in [7, 11) is 0. The molecule has 1 aromatic carbocycles. The Kier molecular flexibility index (Phi) is 3.66. The Bertz CT molecular complexity index is 444. The van der Waals surface area contributed by atoms with Crippen LogP contribution in [0, 0.1) is 18.6 Å². The highest BCUT2D eigenvalue weighted by atomic mass is 32.2. The van der Waals surface area contributed by atoms with Crippen LogP contribution in [0.1, 0.15) is 15.9 Å². The van der Waals surface area contributed by atoms with Gasteiger partial charge in [0.2, 0.25) is 0 Å². The fraction of sp³-hybridized carbons (Fsp3) is 0.417. The molecule has 0 spiro atoms. The molecule has 92 valence electrons. The van der Waals surface area contributed by atoms with E-state index in [-0.39, 0.29) is 17.0 Å². The van der Waals surface area contributed by atoms with E-state index in [1.54, 1.807) is 16.7 Å². The molecule has 1 fully saturated rings. The molecule has 0 radical (unpaired) electrons. The van der Waals surface area contributed by atoms with Gasteiger partial charge in [0.15, 0.2) is 11.6 Å². The van der Waals surface area contributed by atoms with E-state index in [1.807, 2.05) is 0 Å². The molecule has 1 aromatic rings. The van der Waals surface area contributed by atoms with Crippen molar-refractivity contribution in [2.24, 2.45) is 0 Å². The Labute approximate surface area is 103 Å². The number of hydrogen-bond donors (Lipinski definition) is 0. The molecule has 0 unspecified atom stereocenters. The number of thioether (sulfide) groups is 1. The quantitative estimate of drug-likeness (QED) is 0.770. The van der Waals surface area contributed by atoms with E-state index in [9.17, 15) is 13.6 Å². The van der Waals surface area contributed by atoms with Crippen molar-refractivity contribution in [3.8, 4) is 0 Å². The van der Waals surface area contributed by atoms with Crippen molar-refractivity contribution < 1.29 is 13.6 Å². The minimum Gasteiger partial charge on any atom is -0.337 e. The summed E-state index contributed by atoms with van der Waals surface area (Å²) in [5, 5.41) is 0. The van der Waals surface area contributed by atoms with Gasteiger partial charge in [-0.1, -0.05) is 0 Å². The lowest BCUT2D eigenvalue weighted by Gasteiger charge is -2.27. The van der Waals surface area contributed by atoms with E-state index < -0.39 is 11.6 Å². The molecule has 17 heavy (non-hydrogen) atoms. The van der Waals surface area contributed by atoms with Crippen LogP contribution in [-0.4, -0.2) is 35.4 Å². The number of halogens is 2. The van der Waals surface area contributed by atoms with Crippen molar-refractivity contribution in [3.63, 3.8) is 0 Å². The van der Waals surface area contributed by atoms with Crippen LogP contribution in [0.4, 0.5) is 8.78 Å². The second kappa shape index (κ2) is 5.04. The lowest BCUT2D eigenvalue weighted by molar-refractivity contribution is 0.0771. The van der Waals surface area contributed by atoms with Crippen LogP contribution >= 0.6 is 11.8 Å². The molecule has 0 atom stereocenters. The molecule has 1 heterocycles. The van der Waals surface area contributed by atoms with Gasteiger partial charge in [0, 0.05) is 35.7 Å². The van der Waals surface area contributed by atoms with Crippen molar-refractivity contribution in [1.82, 2.24) is 4.90 Å². The normalized spacial score (nSPS) is 16.1. The zero-order chi connectivity index (χ0) is 12.4. The zero-order valence-corrected chi connectivity index (χ0v) is 10.3. The minimum absolute atomic E-state index is 0.0910. The van der Waals surface area contributed by atoms with Crippen LogP contribution in [0.3, 0.4) is 0 Å². The Balaban J connectivity index is 2.27. The molecule has 2 nitrogen and oxygen atoms in total. The van der Waals surface area contributed by atoms with Gasteiger partial charge < -0.3 is 4.90 Å². The van der Waals surface area contributed by atoms with Crippen molar-refractivity contribution in [2.75, 3.05) is 24.6 Å². The van der Waals surface area contributed by atoms with Crippen LogP contribution in [-0.2, 0) is 0 Å². The van der Waals surface area contributed by atoms with Gasteiger partial charge in [0.25, 0.3) is 5.91 Å². The zero-order valence-electron chi connectivity index (χ0n) is 9.50. The first-order valence-corrected chi connectivity index (χ1v) is 6.58. The first-order chi connectivity index (χ1) is 8.11. The molecule has 2 rings (SSSR count). The van der Waals surface area contributed by atoms with Crippen LogP contribution < -0.4 is 0 Å². The number of amides is 1. The molecule has 1 aliphatic heterocycles. The van der Waals surface area contributed by atoms with Crippen LogP contribution in [0.25, 0.3) is 0 Å². The lowest BCUT2D eigenvalue weighted by Crippen LogP contribution is -2.38. The number of carbonyl (C=O) groups is 1. The number of carbonyl (C=O) groups excluding carboxylic acids is 1. The van der Waals surface area contributed by atoms with Gasteiger partial charge in [0.1, 0.15) is 0 Å². The van der Waals surface area contributed by atoms with Crippen LogP contribution in [0.5, 0.6) is 0 Å². The van der Waals surface area contributed by atoms with Gasteiger partial charge >= 0.3 is 0 Å². The molecular weight excluding hydrogens is 244 g/mol. The lowest BCUT2D eigenvalue weighted by atomic mass is 10.1. The Morgan fingerprint density at radius 1 is 1.29 bits per heavy atom. The monoisotopic (exact) mass is 257 g/mol. The summed E-state index contributed by atoms with van der Waals surface area (Å²) < 4.78 is 26.3. The maximum atomic E-state index is 13.4. The Morgan fingerprint density at radius 2 is 1.94 bits per heavy atom. The second-order valence-corrected chi connectivity index (χ2v) is 5.16.